The van der Waals surface area contributed by atoms with Gasteiger partial charge in [0.25, 0.3) is 10.0 Å². The highest BCUT2D eigenvalue weighted by Crippen LogP contribution is 2.36. The second kappa shape index (κ2) is 6.35. The molecule has 0 spiro atoms. The lowest BCUT2D eigenvalue weighted by atomic mass is 9.95. The molecule has 7 nitrogen and oxygen atoms in total. The fourth-order valence-corrected chi connectivity index (χ4v) is 6.02. The Balaban J connectivity index is 1.89. The first kappa shape index (κ1) is 19.4. The zero-order chi connectivity index (χ0) is 20.0. The van der Waals surface area contributed by atoms with Crippen molar-refractivity contribution in [3.63, 3.8) is 0 Å². The van der Waals surface area contributed by atoms with E-state index in [2.05, 4.69) is 4.72 Å². The molecule has 0 saturated carbocycles. The van der Waals surface area contributed by atoms with Crippen molar-refractivity contribution in [3.8, 4) is 0 Å². The first-order valence-corrected chi connectivity index (χ1v) is 11.3. The number of nitrogens with one attached hydrogen (secondary N) is 1. The van der Waals surface area contributed by atoms with Gasteiger partial charge in [0.05, 0.1) is 21.8 Å². The fraction of sp³-hybridized carbons (Fsp3) is 0.278. The van der Waals surface area contributed by atoms with Gasteiger partial charge in [0, 0.05) is 5.69 Å². The van der Waals surface area contributed by atoms with Gasteiger partial charge in [-0.05, 0) is 57.2 Å². The van der Waals surface area contributed by atoms with Gasteiger partial charge in [0.15, 0.2) is 0 Å². The Morgan fingerprint density at radius 2 is 1.56 bits per heavy atom. The minimum absolute atomic E-state index is 0.0323. The van der Waals surface area contributed by atoms with Crippen LogP contribution >= 0.6 is 0 Å². The molecule has 0 unspecified atom stereocenters. The van der Waals surface area contributed by atoms with Crippen LogP contribution < -0.4 is 9.03 Å². The molecule has 9 heteroatoms. The molecule has 2 aromatic carbocycles. The summed E-state index contributed by atoms with van der Waals surface area (Å²) in [5, 5.41) is 0. The Bertz CT molecular complexity index is 1090. The molecule has 3 rings (SSSR count). The van der Waals surface area contributed by atoms with Gasteiger partial charge in [-0.1, -0.05) is 17.7 Å². The predicted octanol–water partition coefficient (Wildman–Crippen LogP) is 2.50. The lowest BCUT2D eigenvalue weighted by Gasteiger charge is -2.17. The predicted molar refractivity (Wildman–Crippen MR) is 103 cm³/mol. The van der Waals surface area contributed by atoms with Crippen molar-refractivity contribution < 1.29 is 21.6 Å². The summed E-state index contributed by atoms with van der Waals surface area (Å²) in [7, 11) is -7.61. The summed E-state index contributed by atoms with van der Waals surface area (Å²) in [6, 6.07) is 12.1. The lowest BCUT2D eigenvalue weighted by Crippen LogP contribution is -2.32. The van der Waals surface area contributed by atoms with Gasteiger partial charge in [0.1, 0.15) is 0 Å². The van der Waals surface area contributed by atoms with E-state index in [1.807, 2.05) is 6.92 Å². The topological polar surface area (TPSA) is 101 Å². The summed E-state index contributed by atoms with van der Waals surface area (Å²) in [6.07, 6.45) is 0. The number of aryl methyl sites for hydroxylation is 1. The maximum absolute atomic E-state index is 12.5. The van der Waals surface area contributed by atoms with E-state index in [0.717, 1.165) is 9.87 Å². The van der Waals surface area contributed by atoms with Crippen molar-refractivity contribution in [1.29, 1.82) is 0 Å². The highest BCUT2D eigenvalue weighted by atomic mass is 32.2. The molecule has 1 amide bonds. The largest absolute Gasteiger partial charge is 0.280 e. The number of anilines is 2. The summed E-state index contributed by atoms with van der Waals surface area (Å²) in [4.78, 5) is 12.4. The highest BCUT2D eigenvalue weighted by molar-refractivity contribution is 7.94. The molecule has 0 bridgehead atoms. The van der Waals surface area contributed by atoms with Crippen LogP contribution in [0.15, 0.2) is 53.4 Å². The van der Waals surface area contributed by atoms with E-state index in [0.29, 0.717) is 5.69 Å². The average Bonchev–Trinajstić information content (AvgIpc) is 2.73. The summed E-state index contributed by atoms with van der Waals surface area (Å²) < 4.78 is 52.8. The Labute approximate surface area is 159 Å². The van der Waals surface area contributed by atoms with Gasteiger partial charge >= 0.3 is 0 Å². The van der Waals surface area contributed by atoms with Gasteiger partial charge in [-0.25, -0.2) is 21.1 Å². The van der Waals surface area contributed by atoms with Crippen LogP contribution in [0, 0.1) is 12.3 Å². The van der Waals surface area contributed by atoms with Gasteiger partial charge in [-0.15, -0.1) is 0 Å². The van der Waals surface area contributed by atoms with Crippen LogP contribution in [0.1, 0.15) is 19.4 Å². The van der Waals surface area contributed by atoms with E-state index in [-0.39, 0.29) is 16.3 Å². The smallest absolute Gasteiger partial charge is 0.261 e. The second-order valence-electron chi connectivity index (χ2n) is 7.18. The molecule has 1 N–H and O–H groups in total. The summed E-state index contributed by atoms with van der Waals surface area (Å²) in [6.45, 7) is 5.03. The zero-order valence-corrected chi connectivity index (χ0v) is 16.8. The first-order chi connectivity index (χ1) is 12.4. The number of amides is 1. The van der Waals surface area contributed by atoms with Crippen LogP contribution in [0.25, 0.3) is 0 Å². The number of carbonyl (C=O) groups excluding carboxylic acids is 1. The third kappa shape index (κ3) is 3.70. The quantitative estimate of drug-likeness (QED) is 0.838. The van der Waals surface area contributed by atoms with Crippen LogP contribution in [0.4, 0.5) is 11.4 Å². The lowest BCUT2D eigenvalue weighted by molar-refractivity contribution is -0.123. The summed E-state index contributed by atoms with van der Waals surface area (Å²) in [5.74, 6) is -0.815. The molecule has 144 valence electrons. The number of sulfonamides is 2. The minimum Gasteiger partial charge on any atom is -0.280 e. The minimum atomic E-state index is -3.83. The monoisotopic (exact) mass is 408 g/mol. The van der Waals surface area contributed by atoms with Crippen LogP contribution in [-0.4, -0.2) is 28.5 Å². The van der Waals surface area contributed by atoms with Crippen molar-refractivity contribution in [2.45, 2.75) is 25.7 Å². The van der Waals surface area contributed by atoms with E-state index in [9.17, 15) is 21.6 Å². The summed E-state index contributed by atoms with van der Waals surface area (Å²) >= 11 is 0. The standard InChI is InChI=1S/C18H20N2O5S2/c1-13-4-6-14(7-5-13)19-27(24,25)16-10-8-15(9-11-16)20-17(21)18(2,3)12-26(20,22)23/h4-11,19H,12H2,1-3H3. The molecule has 27 heavy (non-hydrogen) atoms. The van der Waals surface area contributed by atoms with E-state index < -0.39 is 31.4 Å². The molecule has 0 atom stereocenters. The van der Waals surface area contributed by atoms with Crippen molar-refractivity contribution in [3.05, 3.63) is 54.1 Å². The Morgan fingerprint density at radius 1 is 1.00 bits per heavy atom. The van der Waals surface area contributed by atoms with Gasteiger partial charge < -0.3 is 0 Å². The number of nitrogens with zero attached hydrogens (tertiary/aromatic N) is 1. The first-order valence-electron chi connectivity index (χ1n) is 8.19. The molecule has 1 aliphatic heterocycles. The van der Waals surface area contributed by atoms with Crippen LogP contribution in [0.5, 0.6) is 0 Å². The van der Waals surface area contributed by atoms with Crippen LogP contribution in [0.2, 0.25) is 0 Å². The molecule has 0 aromatic heterocycles. The van der Waals surface area contributed by atoms with Crippen LogP contribution in [0.3, 0.4) is 0 Å². The van der Waals surface area contributed by atoms with Crippen molar-refractivity contribution in [2.75, 3.05) is 14.8 Å². The third-order valence-corrected chi connectivity index (χ3v) is 7.69. The maximum atomic E-state index is 12.5. The number of hydrogen-bond donors (Lipinski definition) is 1. The van der Waals surface area contributed by atoms with E-state index in [4.69, 9.17) is 0 Å². The normalized spacial score (nSPS) is 18.5. The highest BCUT2D eigenvalue weighted by Gasteiger charge is 2.49. The Kier molecular flexibility index (Phi) is 4.55. The van der Waals surface area contributed by atoms with Crippen LogP contribution in [-0.2, 0) is 24.8 Å². The van der Waals surface area contributed by atoms with E-state index in [1.54, 1.807) is 38.1 Å². The average molecular weight is 409 g/mol. The number of rotatable bonds is 4. The van der Waals surface area contributed by atoms with E-state index in [1.165, 1.54) is 24.3 Å². The number of carbonyl (C=O) groups is 1. The molecule has 1 heterocycles. The molecule has 0 radical (unpaired) electrons. The fourth-order valence-electron chi connectivity index (χ4n) is 2.86. The molecule has 2 aromatic rings. The Hall–Kier alpha value is -2.39. The van der Waals surface area contributed by atoms with E-state index >= 15 is 0 Å². The van der Waals surface area contributed by atoms with Crippen molar-refractivity contribution in [2.24, 2.45) is 5.41 Å². The molecular weight excluding hydrogens is 388 g/mol. The Morgan fingerprint density at radius 3 is 2.04 bits per heavy atom. The van der Waals surface area contributed by atoms with Crippen molar-refractivity contribution >= 4 is 37.3 Å². The SMILES string of the molecule is Cc1ccc(NS(=O)(=O)c2ccc(N3C(=O)C(C)(C)CS3(=O)=O)cc2)cc1. The number of hydrogen-bond acceptors (Lipinski definition) is 5. The molecule has 0 aliphatic carbocycles. The van der Waals surface area contributed by atoms with Gasteiger partial charge in [0.2, 0.25) is 15.9 Å². The number of benzene rings is 2. The zero-order valence-electron chi connectivity index (χ0n) is 15.1. The van der Waals surface area contributed by atoms with Gasteiger partial charge in [-0.2, -0.15) is 0 Å². The summed E-state index contributed by atoms with van der Waals surface area (Å²) in [5.41, 5.74) is 0.529. The molecule has 1 saturated heterocycles. The van der Waals surface area contributed by atoms with Crippen molar-refractivity contribution in [1.82, 2.24) is 0 Å². The molecular formula is C18H20N2O5S2. The van der Waals surface area contributed by atoms with Gasteiger partial charge in [-0.3, -0.25) is 9.52 Å². The molecule has 1 fully saturated rings. The second-order valence-corrected chi connectivity index (χ2v) is 10.7. The molecule has 1 aliphatic rings. The maximum Gasteiger partial charge on any atom is 0.261 e. The third-order valence-electron chi connectivity index (χ3n) is 4.27.